The van der Waals surface area contributed by atoms with Crippen LogP contribution in [0.2, 0.25) is 0 Å². The van der Waals surface area contributed by atoms with Crippen LogP contribution in [0.15, 0.2) is 44.5 Å². The van der Waals surface area contributed by atoms with E-state index in [4.69, 9.17) is 9.41 Å². The second-order valence-corrected chi connectivity index (χ2v) is 8.44. The Morgan fingerprint density at radius 3 is 2.88 bits per heavy atom. The maximum atomic E-state index is 13.2. The van der Waals surface area contributed by atoms with Gasteiger partial charge in [0.05, 0.1) is 5.70 Å². The van der Waals surface area contributed by atoms with Gasteiger partial charge in [-0.1, -0.05) is 37.5 Å². The number of anilines is 1. The molecule has 1 unspecified atom stereocenters. The number of urea groups is 1. The third-order valence-corrected chi connectivity index (χ3v) is 6.32. The number of fused-ring (bicyclic) bond motifs is 2. The number of nitrogens with one attached hydrogen (secondary N) is 3. The lowest BCUT2D eigenvalue weighted by molar-refractivity contribution is -0.126. The molecule has 9 heteroatoms. The molecule has 3 atom stereocenters. The fourth-order valence-electron chi connectivity index (χ4n) is 4.32. The Balaban J connectivity index is 1.46. The number of rotatable bonds is 7. The zero-order chi connectivity index (χ0) is 22.7. The van der Waals surface area contributed by atoms with Gasteiger partial charge in [0.15, 0.2) is 0 Å². The Bertz CT molecular complexity index is 1020. The standard InChI is InChI=1S/C23H30N6O3/c1-4-13(3)19(21-28-29-23(32-21)27-22(31)24-5-2)26-20(30)14-10-11-18-16(12-14)15-8-6-7-9-17(15)25-18/h6-7,9,13-14,19H,4-5,8,10-12H2,1-3H3,(H,26,30)(H2,24,27,29,31)/t13-,14?,19-/m0/s1. The number of allylic oxidation sites excluding steroid dienone is 5. The van der Waals surface area contributed by atoms with Crippen LogP contribution in [0, 0.1) is 11.8 Å². The van der Waals surface area contributed by atoms with Crippen molar-refractivity contribution in [3.8, 4) is 0 Å². The van der Waals surface area contributed by atoms with Crippen molar-refractivity contribution in [3.05, 3.63) is 41.0 Å². The van der Waals surface area contributed by atoms with E-state index in [1.165, 1.54) is 11.1 Å². The van der Waals surface area contributed by atoms with Crippen LogP contribution in [0.3, 0.4) is 0 Å². The van der Waals surface area contributed by atoms with Crippen LogP contribution in [0.1, 0.15) is 64.8 Å². The highest BCUT2D eigenvalue weighted by Gasteiger charge is 2.35. The van der Waals surface area contributed by atoms with Crippen LogP contribution in [-0.2, 0) is 4.79 Å². The molecule has 3 amide bonds. The van der Waals surface area contributed by atoms with Crippen molar-refractivity contribution in [2.45, 2.75) is 58.9 Å². The number of carbonyl (C=O) groups excluding carboxylic acids is 2. The molecule has 2 heterocycles. The van der Waals surface area contributed by atoms with Gasteiger partial charge in [-0.2, -0.15) is 0 Å². The minimum Gasteiger partial charge on any atom is -0.405 e. The Hall–Kier alpha value is -3.23. The molecule has 1 aromatic heterocycles. The summed E-state index contributed by atoms with van der Waals surface area (Å²) in [4.78, 5) is 29.7. The largest absolute Gasteiger partial charge is 0.405 e. The first-order valence-corrected chi connectivity index (χ1v) is 11.4. The number of carbonyl (C=O) groups is 2. The van der Waals surface area contributed by atoms with Gasteiger partial charge in [-0.15, -0.1) is 5.10 Å². The molecule has 1 saturated carbocycles. The molecule has 1 aromatic rings. The summed E-state index contributed by atoms with van der Waals surface area (Å²) in [7, 11) is 0. The summed E-state index contributed by atoms with van der Waals surface area (Å²) in [5.41, 5.74) is 4.68. The molecule has 1 fully saturated rings. The van der Waals surface area contributed by atoms with Gasteiger partial charge in [0.2, 0.25) is 11.8 Å². The highest BCUT2D eigenvalue weighted by Crippen LogP contribution is 2.40. The maximum Gasteiger partial charge on any atom is 0.323 e. The van der Waals surface area contributed by atoms with Gasteiger partial charge in [0.1, 0.15) is 6.04 Å². The van der Waals surface area contributed by atoms with E-state index in [-0.39, 0.29) is 23.8 Å². The fourth-order valence-corrected chi connectivity index (χ4v) is 4.32. The zero-order valence-electron chi connectivity index (χ0n) is 18.8. The molecular formula is C23H30N6O3. The summed E-state index contributed by atoms with van der Waals surface area (Å²) in [5.74, 6) is 0.249. The average molecular weight is 439 g/mol. The normalized spacial score (nSPS) is 21.2. The number of hydrogen-bond acceptors (Lipinski definition) is 6. The number of aromatic nitrogens is 2. The Morgan fingerprint density at radius 2 is 2.09 bits per heavy atom. The molecule has 0 radical (unpaired) electrons. The summed E-state index contributed by atoms with van der Waals surface area (Å²) in [6, 6.07) is -0.827. The van der Waals surface area contributed by atoms with Gasteiger partial charge >= 0.3 is 12.0 Å². The van der Waals surface area contributed by atoms with Crippen molar-refractivity contribution >= 4 is 23.7 Å². The molecule has 4 rings (SSSR count). The van der Waals surface area contributed by atoms with Gasteiger partial charge in [-0.3, -0.25) is 15.1 Å². The van der Waals surface area contributed by atoms with Crippen LogP contribution in [0.4, 0.5) is 10.8 Å². The molecule has 1 aliphatic heterocycles. The molecule has 3 N–H and O–H groups in total. The number of aliphatic imine (C=N–C) groups is 1. The minimum absolute atomic E-state index is 0.00889. The molecule has 0 aromatic carbocycles. The minimum atomic E-state index is -0.422. The highest BCUT2D eigenvalue weighted by atomic mass is 16.4. The lowest BCUT2D eigenvalue weighted by Crippen LogP contribution is -2.38. The van der Waals surface area contributed by atoms with E-state index in [9.17, 15) is 9.59 Å². The maximum absolute atomic E-state index is 13.2. The fraction of sp³-hybridized carbons (Fsp3) is 0.522. The SMILES string of the molecule is CCNC(=O)Nc1nnc([C@@H](NC(=O)C2CCC3=NC4=CC=CCC4=C3C2)[C@@H](C)CC)o1. The smallest absolute Gasteiger partial charge is 0.323 e. The molecule has 170 valence electrons. The number of amides is 3. The van der Waals surface area contributed by atoms with E-state index < -0.39 is 12.1 Å². The average Bonchev–Trinajstić information content (AvgIpc) is 3.40. The summed E-state index contributed by atoms with van der Waals surface area (Å²) >= 11 is 0. The third-order valence-electron chi connectivity index (χ3n) is 6.32. The second-order valence-electron chi connectivity index (χ2n) is 8.44. The molecule has 0 saturated heterocycles. The van der Waals surface area contributed by atoms with E-state index in [1.54, 1.807) is 0 Å². The van der Waals surface area contributed by atoms with Crippen LogP contribution in [-0.4, -0.2) is 34.4 Å². The first-order chi connectivity index (χ1) is 15.5. The Kier molecular flexibility index (Phi) is 6.53. The molecule has 32 heavy (non-hydrogen) atoms. The van der Waals surface area contributed by atoms with Crippen molar-refractivity contribution in [1.82, 2.24) is 20.8 Å². The van der Waals surface area contributed by atoms with Crippen LogP contribution >= 0.6 is 0 Å². The van der Waals surface area contributed by atoms with Gasteiger partial charge in [-0.25, -0.2) is 4.79 Å². The van der Waals surface area contributed by atoms with E-state index >= 15 is 0 Å². The van der Waals surface area contributed by atoms with Gasteiger partial charge in [0, 0.05) is 18.2 Å². The number of hydrogen-bond donors (Lipinski definition) is 3. The monoisotopic (exact) mass is 438 g/mol. The summed E-state index contributed by atoms with van der Waals surface area (Å²) < 4.78 is 5.66. The van der Waals surface area contributed by atoms with Crippen molar-refractivity contribution in [2.24, 2.45) is 16.8 Å². The predicted molar refractivity (Wildman–Crippen MR) is 121 cm³/mol. The Labute approximate surface area is 187 Å². The number of nitrogens with zero attached hydrogens (tertiary/aromatic N) is 3. The van der Waals surface area contributed by atoms with E-state index in [0.29, 0.717) is 18.9 Å². The predicted octanol–water partition coefficient (Wildman–Crippen LogP) is 3.81. The quantitative estimate of drug-likeness (QED) is 0.598. The van der Waals surface area contributed by atoms with Crippen molar-refractivity contribution in [1.29, 1.82) is 0 Å². The highest BCUT2D eigenvalue weighted by molar-refractivity contribution is 6.06. The molecule has 9 nitrogen and oxygen atoms in total. The summed E-state index contributed by atoms with van der Waals surface area (Å²) in [6.45, 7) is 6.38. The molecule has 2 aliphatic carbocycles. The zero-order valence-corrected chi connectivity index (χ0v) is 18.8. The Morgan fingerprint density at radius 1 is 1.25 bits per heavy atom. The van der Waals surface area contributed by atoms with Gasteiger partial charge < -0.3 is 15.1 Å². The third kappa shape index (κ3) is 4.51. The summed E-state index contributed by atoms with van der Waals surface area (Å²) in [6.07, 6.45) is 10.2. The second kappa shape index (κ2) is 9.50. The lowest BCUT2D eigenvalue weighted by Gasteiger charge is -2.27. The molecule has 3 aliphatic rings. The molecule has 0 bridgehead atoms. The van der Waals surface area contributed by atoms with E-state index in [1.807, 2.05) is 32.9 Å². The first-order valence-electron chi connectivity index (χ1n) is 11.4. The molecular weight excluding hydrogens is 408 g/mol. The van der Waals surface area contributed by atoms with Crippen molar-refractivity contribution in [3.63, 3.8) is 0 Å². The molecule has 0 spiro atoms. The van der Waals surface area contributed by atoms with Gasteiger partial charge in [0.25, 0.3) is 0 Å². The lowest BCUT2D eigenvalue weighted by atomic mass is 9.81. The van der Waals surface area contributed by atoms with Crippen LogP contribution in [0.5, 0.6) is 0 Å². The van der Waals surface area contributed by atoms with Crippen LogP contribution < -0.4 is 16.0 Å². The first kappa shape index (κ1) is 22.0. The summed E-state index contributed by atoms with van der Waals surface area (Å²) in [5, 5.41) is 16.3. The van der Waals surface area contributed by atoms with Crippen molar-refractivity contribution in [2.75, 3.05) is 11.9 Å². The topological polar surface area (TPSA) is 122 Å². The van der Waals surface area contributed by atoms with E-state index in [0.717, 1.165) is 37.1 Å². The van der Waals surface area contributed by atoms with E-state index in [2.05, 4.69) is 32.2 Å². The van der Waals surface area contributed by atoms with Gasteiger partial charge in [-0.05, 0) is 55.7 Å². The van der Waals surface area contributed by atoms with Crippen LogP contribution in [0.25, 0.3) is 0 Å². The van der Waals surface area contributed by atoms with Crippen molar-refractivity contribution < 1.29 is 14.0 Å².